The number of carbonyl (C=O) groups excluding carboxylic acids is 2. The fourth-order valence-electron chi connectivity index (χ4n) is 2.70. The summed E-state index contributed by atoms with van der Waals surface area (Å²) in [6, 6.07) is 4.22. The van der Waals surface area contributed by atoms with Gasteiger partial charge in [-0.1, -0.05) is 6.07 Å². The first kappa shape index (κ1) is 19.8. The van der Waals surface area contributed by atoms with Crippen LogP contribution in [0.2, 0.25) is 0 Å². The van der Waals surface area contributed by atoms with E-state index in [9.17, 15) is 14.0 Å². The molecular weight excluding hydrogens is 347 g/mol. The quantitative estimate of drug-likeness (QED) is 0.517. The summed E-state index contributed by atoms with van der Waals surface area (Å²) in [5.41, 5.74) is 0.326. The fourth-order valence-corrected chi connectivity index (χ4v) is 2.70. The lowest BCUT2D eigenvalue weighted by molar-refractivity contribution is -0.136. The van der Waals surface area contributed by atoms with Gasteiger partial charge >= 0.3 is 5.97 Å². The van der Waals surface area contributed by atoms with Crippen molar-refractivity contribution in [2.24, 2.45) is 0 Å². The van der Waals surface area contributed by atoms with Crippen molar-refractivity contribution in [1.82, 2.24) is 4.90 Å². The summed E-state index contributed by atoms with van der Waals surface area (Å²) in [6.45, 7) is -0.218. The van der Waals surface area contributed by atoms with Gasteiger partial charge < -0.3 is 29.5 Å². The number of nitrogens with zero attached hydrogens (tertiary/aromatic N) is 1. The summed E-state index contributed by atoms with van der Waals surface area (Å²) in [5, 5.41) is 11.9. The molecule has 0 unspecified atom stereocenters. The Labute approximate surface area is 150 Å². The topological polar surface area (TPSA) is 97.3 Å². The van der Waals surface area contributed by atoms with Crippen molar-refractivity contribution in [2.75, 3.05) is 46.3 Å². The van der Waals surface area contributed by atoms with Gasteiger partial charge in [-0.25, -0.2) is 9.18 Å². The smallest absolute Gasteiger partial charge is 0.337 e. The number of benzene rings is 1. The molecule has 1 aliphatic heterocycles. The van der Waals surface area contributed by atoms with Crippen LogP contribution in [0.15, 0.2) is 29.5 Å². The number of methoxy groups -OCH3 is 3. The Bertz CT molecular complexity index is 717. The number of hydrogen-bond acceptors (Lipinski definition) is 7. The molecule has 1 amide bonds. The third kappa shape index (κ3) is 3.85. The molecular formula is C17H21FN2O6. The Hall–Kier alpha value is -2.49. The molecule has 8 nitrogen and oxygen atoms in total. The average Bonchev–Trinajstić information content (AvgIpc) is 2.94. The molecule has 142 valence electrons. The molecule has 0 fully saturated rings. The monoisotopic (exact) mass is 368 g/mol. The van der Waals surface area contributed by atoms with Crippen molar-refractivity contribution < 1.29 is 33.3 Å². The standard InChI is InChI=1S/C17H21FN2O6/c1-24-16(23)10-9-20(7-8-21)15(22)14(10)19-12-6-4-5-11(18)13(12)17(25-2)26-3/h4-6,17,19,21H,7-9H2,1-3H3. The van der Waals surface area contributed by atoms with Crippen LogP contribution < -0.4 is 5.32 Å². The average molecular weight is 368 g/mol. The molecule has 0 saturated carbocycles. The van der Waals surface area contributed by atoms with Gasteiger partial charge in [-0.05, 0) is 12.1 Å². The maximum Gasteiger partial charge on any atom is 0.337 e. The van der Waals surface area contributed by atoms with Crippen molar-refractivity contribution in [3.63, 3.8) is 0 Å². The minimum absolute atomic E-state index is 0.0168. The van der Waals surface area contributed by atoms with Crippen LogP contribution in [0.4, 0.5) is 10.1 Å². The van der Waals surface area contributed by atoms with Crippen LogP contribution in [-0.4, -0.2) is 62.9 Å². The van der Waals surface area contributed by atoms with Crippen molar-refractivity contribution in [3.05, 3.63) is 40.8 Å². The second-order valence-corrected chi connectivity index (χ2v) is 5.42. The highest BCUT2D eigenvalue weighted by Crippen LogP contribution is 2.31. The number of ether oxygens (including phenoxy) is 3. The van der Waals surface area contributed by atoms with Gasteiger partial charge in [0.25, 0.3) is 5.91 Å². The highest BCUT2D eigenvalue weighted by atomic mass is 19.1. The molecule has 26 heavy (non-hydrogen) atoms. The molecule has 1 aliphatic rings. The van der Waals surface area contributed by atoms with Crippen molar-refractivity contribution >= 4 is 17.6 Å². The van der Waals surface area contributed by atoms with E-state index in [1.54, 1.807) is 0 Å². The van der Waals surface area contributed by atoms with Crippen LogP contribution in [0.1, 0.15) is 11.9 Å². The van der Waals surface area contributed by atoms with Crippen LogP contribution in [0.25, 0.3) is 0 Å². The highest BCUT2D eigenvalue weighted by Gasteiger charge is 2.35. The van der Waals surface area contributed by atoms with E-state index >= 15 is 0 Å². The molecule has 0 atom stereocenters. The van der Waals surface area contributed by atoms with Gasteiger partial charge in [0.05, 0.1) is 31.4 Å². The molecule has 0 spiro atoms. The number of anilines is 1. The Morgan fingerprint density at radius 2 is 2.04 bits per heavy atom. The van der Waals surface area contributed by atoms with E-state index in [1.165, 1.54) is 44.4 Å². The maximum absolute atomic E-state index is 14.3. The minimum Gasteiger partial charge on any atom is -0.466 e. The van der Waals surface area contributed by atoms with Gasteiger partial charge in [0.15, 0.2) is 6.29 Å². The summed E-state index contributed by atoms with van der Waals surface area (Å²) < 4.78 is 29.3. The van der Waals surface area contributed by atoms with E-state index in [4.69, 9.17) is 19.3 Å². The van der Waals surface area contributed by atoms with E-state index in [2.05, 4.69) is 5.32 Å². The minimum atomic E-state index is -1.01. The molecule has 2 N–H and O–H groups in total. The van der Waals surface area contributed by atoms with Crippen molar-refractivity contribution in [1.29, 1.82) is 0 Å². The summed E-state index contributed by atoms with van der Waals surface area (Å²) in [4.78, 5) is 25.9. The lowest BCUT2D eigenvalue weighted by Gasteiger charge is -2.20. The van der Waals surface area contributed by atoms with Crippen molar-refractivity contribution in [3.8, 4) is 0 Å². The molecule has 1 aromatic rings. The number of halogens is 1. The number of carbonyl (C=O) groups is 2. The predicted molar refractivity (Wildman–Crippen MR) is 89.5 cm³/mol. The van der Waals surface area contributed by atoms with E-state index in [0.717, 1.165) is 0 Å². The molecule has 0 aromatic heterocycles. The number of hydrogen-bond donors (Lipinski definition) is 2. The number of aliphatic hydroxyl groups is 1. The maximum atomic E-state index is 14.3. The largest absolute Gasteiger partial charge is 0.466 e. The van der Waals surface area contributed by atoms with Gasteiger partial charge in [0.1, 0.15) is 11.5 Å². The zero-order valence-electron chi connectivity index (χ0n) is 14.7. The Morgan fingerprint density at radius 3 is 2.62 bits per heavy atom. The van der Waals surface area contributed by atoms with E-state index in [1.807, 2.05) is 0 Å². The van der Waals surface area contributed by atoms with Crippen LogP contribution in [0.3, 0.4) is 0 Å². The third-order valence-corrected chi connectivity index (χ3v) is 3.93. The summed E-state index contributed by atoms with van der Waals surface area (Å²) in [7, 11) is 3.91. The third-order valence-electron chi connectivity index (χ3n) is 3.93. The van der Waals surface area contributed by atoms with Crippen LogP contribution in [-0.2, 0) is 23.8 Å². The SMILES string of the molecule is COC(=O)C1=C(Nc2cccc(F)c2C(OC)OC)C(=O)N(CCO)C1. The molecule has 2 rings (SSSR count). The first-order valence-electron chi connectivity index (χ1n) is 7.81. The molecule has 1 aromatic carbocycles. The van der Waals surface area contributed by atoms with Gasteiger partial charge in [-0.15, -0.1) is 0 Å². The Morgan fingerprint density at radius 1 is 1.35 bits per heavy atom. The second-order valence-electron chi connectivity index (χ2n) is 5.42. The molecule has 0 saturated heterocycles. The van der Waals surface area contributed by atoms with Gasteiger partial charge in [0, 0.05) is 26.5 Å². The zero-order chi connectivity index (χ0) is 19.3. The van der Waals surface area contributed by atoms with Gasteiger partial charge in [0.2, 0.25) is 0 Å². The second kappa shape index (κ2) is 8.75. The first-order valence-corrected chi connectivity index (χ1v) is 7.81. The van der Waals surface area contributed by atoms with E-state index < -0.39 is 24.0 Å². The number of β-amino-alcohol motifs (C(OH)–C–C–N with tert-alkyl or cyclic N) is 1. The lowest BCUT2D eigenvalue weighted by atomic mass is 10.1. The normalized spacial score (nSPS) is 14.4. The summed E-state index contributed by atoms with van der Waals surface area (Å²) in [6.07, 6.45) is -1.01. The molecule has 1 heterocycles. The molecule has 9 heteroatoms. The van der Waals surface area contributed by atoms with Crippen LogP contribution in [0, 0.1) is 5.82 Å². The van der Waals surface area contributed by atoms with Gasteiger partial charge in [-0.2, -0.15) is 0 Å². The first-order chi connectivity index (χ1) is 12.5. The fraction of sp³-hybridized carbons (Fsp3) is 0.412. The predicted octanol–water partition coefficient (Wildman–Crippen LogP) is 0.791. The van der Waals surface area contributed by atoms with E-state index in [0.29, 0.717) is 0 Å². The summed E-state index contributed by atoms with van der Waals surface area (Å²) in [5.74, 6) is -1.78. The Kier molecular flexibility index (Phi) is 6.67. The highest BCUT2D eigenvalue weighted by molar-refractivity contribution is 6.08. The lowest BCUT2D eigenvalue weighted by Crippen LogP contribution is -2.31. The number of nitrogens with one attached hydrogen (secondary N) is 1. The zero-order valence-corrected chi connectivity index (χ0v) is 14.7. The number of esters is 1. The number of aliphatic hydroxyl groups excluding tert-OH is 1. The van der Waals surface area contributed by atoms with Crippen LogP contribution in [0.5, 0.6) is 0 Å². The molecule has 0 bridgehead atoms. The van der Waals surface area contributed by atoms with Gasteiger partial charge in [-0.3, -0.25) is 4.79 Å². The van der Waals surface area contributed by atoms with Crippen LogP contribution >= 0.6 is 0 Å². The Balaban J connectivity index is 2.46. The number of rotatable bonds is 8. The molecule has 0 radical (unpaired) electrons. The van der Waals surface area contributed by atoms with E-state index in [-0.39, 0.29) is 42.2 Å². The summed E-state index contributed by atoms with van der Waals surface area (Å²) >= 11 is 0. The van der Waals surface area contributed by atoms with Crippen molar-refractivity contribution in [2.45, 2.75) is 6.29 Å². The number of amides is 1. The molecule has 0 aliphatic carbocycles.